The van der Waals surface area contributed by atoms with Crippen LogP contribution >= 0.6 is 0 Å². The van der Waals surface area contributed by atoms with Crippen LogP contribution in [0.5, 0.6) is 0 Å². The predicted molar refractivity (Wildman–Crippen MR) is 256 cm³/mol. The molecule has 0 unspecified atom stereocenters. The number of hydrogen-bond donors (Lipinski definition) is 0. The molecule has 6 heteroatoms. The maximum Gasteiger partial charge on any atom is 0.238 e. The Morgan fingerprint density at radius 3 is 1.60 bits per heavy atom. The topological polar surface area (TPSA) is 69.9 Å². The highest BCUT2D eigenvalue weighted by molar-refractivity contribution is 6.15. The van der Waals surface area contributed by atoms with Crippen molar-refractivity contribution in [2.45, 2.75) is 0 Å². The van der Waals surface area contributed by atoms with E-state index in [2.05, 4.69) is 150 Å². The Kier molecular flexibility index (Phi) is 7.80. The number of para-hydroxylation sites is 3. The molecule has 0 aliphatic rings. The van der Waals surface area contributed by atoms with E-state index >= 15 is 0 Å². The van der Waals surface area contributed by atoms with Crippen LogP contribution in [0.15, 0.2) is 215 Å². The molecule has 0 saturated carbocycles. The lowest BCUT2D eigenvalue weighted by Crippen LogP contribution is -2.07. The largest absolute Gasteiger partial charge is 0.456 e. The summed E-state index contributed by atoms with van der Waals surface area (Å²) >= 11 is 0. The van der Waals surface area contributed by atoms with E-state index in [4.69, 9.17) is 23.8 Å². The fourth-order valence-electron chi connectivity index (χ4n) is 9.24. The highest BCUT2D eigenvalue weighted by Crippen LogP contribution is 2.41. The Hall–Kier alpha value is -8.61. The minimum absolute atomic E-state index is 0.529. The van der Waals surface area contributed by atoms with Gasteiger partial charge in [-0.25, -0.2) is 4.98 Å². The molecular weight excluding hydrogens is 773 g/mol. The molecule has 0 fully saturated rings. The fourth-order valence-corrected chi connectivity index (χ4v) is 9.24. The maximum atomic E-state index is 6.54. The molecule has 9 aromatic carbocycles. The van der Waals surface area contributed by atoms with E-state index in [1.54, 1.807) is 0 Å². The van der Waals surface area contributed by atoms with Crippen molar-refractivity contribution in [3.63, 3.8) is 0 Å². The van der Waals surface area contributed by atoms with Gasteiger partial charge in [0.05, 0.1) is 11.0 Å². The Morgan fingerprint density at radius 1 is 0.302 bits per heavy atom. The van der Waals surface area contributed by atoms with Crippen LogP contribution in [0.3, 0.4) is 0 Å². The van der Waals surface area contributed by atoms with E-state index in [1.165, 1.54) is 11.1 Å². The Balaban J connectivity index is 0.971. The molecule has 0 spiro atoms. The lowest BCUT2D eigenvalue weighted by atomic mass is 9.98. The van der Waals surface area contributed by atoms with Crippen molar-refractivity contribution in [2.24, 2.45) is 0 Å². The van der Waals surface area contributed by atoms with Crippen molar-refractivity contribution in [2.75, 3.05) is 0 Å². The normalized spacial score (nSPS) is 11.8. The van der Waals surface area contributed by atoms with E-state index in [0.29, 0.717) is 17.6 Å². The molecule has 0 N–H and O–H groups in total. The van der Waals surface area contributed by atoms with Gasteiger partial charge in [-0.1, -0.05) is 158 Å². The molecule has 13 rings (SSSR count). The quantitative estimate of drug-likeness (QED) is 0.167. The zero-order chi connectivity index (χ0) is 41.4. The second kappa shape index (κ2) is 14.0. The zero-order valence-corrected chi connectivity index (χ0v) is 33.7. The van der Waals surface area contributed by atoms with Crippen LogP contribution < -0.4 is 0 Å². The number of furan rings is 2. The Bertz CT molecular complexity index is 3900. The summed E-state index contributed by atoms with van der Waals surface area (Å²) in [6, 6.07) is 71.6. The molecule has 63 heavy (non-hydrogen) atoms. The van der Waals surface area contributed by atoms with E-state index < -0.39 is 0 Å². The first-order chi connectivity index (χ1) is 31.2. The average molecular weight is 807 g/mol. The second-order valence-corrected chi connectivity index (χ2v) is 16.0. The van der Waals surface area contributed by atoms with Crippen molar-refractivity contribution < 1.29 is 8.83 Å². The van der Waals surface area contributed by atoms with E-state index in [9.17, 15) is 0 Å². The molecular formula is C57H34N4O2. The SMILES string of the molecule is c1ccc(-c2ccc(-c3ccc4c(c3)oc3ccc(-c5cccc6c7ccccc7n(-c7nc(-c8ccccc8)nc(-c8ccc9c(c8)oc8ccccc89)n7)c56)cc34)cc2)cc1. The third-order valence-corrected chi connectivity index (χ3v) is 12.3. The molecule has 0 bridgehead atoms. The third kappa shape index (κ3) is 5.76. The van der Waals surface area contributed by atoms with Crippen LogP contribution in [0.4, 0.5) is 0 Å². The fraction of sp³-hybridized carbons (Fsp3) is 0. The third-order valence-electron chi connectivity index (χ3n) is 12.3. The lowest BCUT2D eigenvalue weighted by Gasteiger charge is -2.13. The van der Waals surface area contributed by atoms with E-state index in [0.717, 1.165) is 99.1 Å². The molecule has 0 aliphatic carbocycles. The van der Waals surface area contributed by atoms with Gasteiger partial charge in [0.25, 0.3) is 0 Å². The molecule has 0 amide bonds. The molecule has 0 atom stereocenters. The Labute approximate surface area is 361 Å². The zero-order valence-electron chi connectivity index (χ0n) is 33.7. The summed E-state index contributed by atoms with van der Waals surface area (Å²) in [6.45, 7) is 0. The van der Waals surface area contributed by atoms with Gasteiger partial charge in [-0.05, 0) is 76.3 Å². The van der Waals surface area contributed by atoms with Crippen LogP contribution in [0, 0.1) is 0 Å². The van der Waals surface area contributed by atoms with E-state index in [1.807, 2.05) is 60.7 Å². The molecule has 0 radical (unpaired) electrons. The van der Waals surface area contributed by atoms with Gasteiger partial charge < -0.3 is 8.83 Å². The van der Waals surface area contributed by atoms with E-state index in [-0.39, 0.29) is 0 Å². The summed E-state index contributed by atoms with van der Waals surface area (Å²) < 4.78 is 15.1. The highest BCUT2D eigenvalue weighted by Gasteiger charge is 2.22. The summed E-state index contributed by atoms with van der Waals surface area (Å²) in [5.41, 5.74) is 13.9. The van der Waals surface area contributed by atoms with Crippen molar-refractivity contribution in [3.8, 4) is 62.1 Å². The number of fused-ring (bicyclic) bond motifs is 9. The number of rotatable bonds is 6. The van der Waals surface area contributed by atoms with Gasteiger partial charge in [0.15, 0.2) is 11.6 Å². The summed E-state index contributed by atoms with van der Waals surface area (Å²) in [4.78, 5) is 15.6. The minimum Gasteiger partial charge on any atom is -0.456 e. The standard InChI is InChI=1S/C57H34N4O2/c1-3-12-35(13-4-1)36-22-24-37(25-23-36)39-26-29-46-48-32-40(28-31-51(48)63-52(46)33-39)42-18-11-19-47-43-16-7-9-20-49(43)61(54(42)47)57-59-55(38-14-5-2-6-15-38)58-56(60-57)41-27-30-45-44-17-8-10-21-50(44)62-53(45)34-41/h1-34H. The van der Waals surface area contributed by atoms with Crippen LogP contribution in [0.2, 0.25) is 0 Å². The van der Waals surface area contributed by atoms with Gasteiger partial charge in [-0.15, -0.1) is 0 Å². The summed E-state index contributed by atoms with van der Waals surface area (Å²) in [5, 5.41) is 6.48. The van der Waals surface area contributed by atoms with Crippen molar-refractivity contribution in [1.82, 2.24) is 19.5 Å². The van der Waals surface area contributed by atoms with Gasteiger partial charge in [0.2, 0.25) is 5.95 Å². The minimum atomic E-state index is 0.529. The van der Waals surface area contributed by atoms with Gasteiger partial charge in [0.1, 0.15) is 22.3 Å². The molecule has 0 aliphatic heterocycles. The molecule has 4 heterocycles. The molecule has 294 valence electrons. The summed E-state index contributed by atoms with van der Waals surface area (Å²) in [7, 11) is 0. The summed E-state index contributed by atoms with van der Waals surface area (Å²) in [6.07, 6.45) is 0. The van der Waals surface area contributed by atoms with Gasteiger partial charge >= 0.3 is 0 Å². The van der Waals surface area contributed by atoms with Crippen molar-refractivity contribution in [3.05, 3.63) is 206 Å². The first-order valence-corrected chi connectivity index (χ1v) is 21.1. The van der Waals surface area contributed by atoms with Crippen LogP contribution in [0.25, 0.3) is 128 Å². The molecule has 4 aromatic heterocycles. The van der Waals surface area contributed by atoms with Crippen molar-refractivity contribution in [1.29, 1.82) is 0 Å². The number of hydrogen-bond acceptors (Lipinski definition) is 5. The lowest BCUT2D eigenvalue weighted by molar-refractivity contribution is 0.668. The number of nitrogens with zero attached hydrogens (tertiary/aromatic N) is 4. The van der Waals surface area contributed by atoms with Crippen LogP contribution in [-0.4, -0.2) is 19.5 Å². The van der Waals surface area contributed by atoms with Crippen LogP contribution in [0.1, 0.15) is 0 Å². The smallest absolute Gasteiger partial charge is 0.238 e. The molecule has 0 saturated heterocycles. The predicted octanol–water partition coefficient (Wildman–Crippen LogP) is 15.1. The average Bonchev–Trinajstić information content (AvgIpc) is 4.03. The first kappa shape index (κ1) is 35.2. The number of benzene rings is 9. The van der Waals surface area contributed by atoms with Crippen molar-refractivity contribution >= 4 is 65.7 Å². The van der Waals surface area contributed by atoms with Gasteiger partial charge in [-0.3, -0.25) is 4.57 Å². The Morgan fingerprint density at radius 2 is 0.825 bits per heavy atom. The van der Waals surface area contributed by atoms with Gasteiger partial charge in [0, 0.05) is 49.0 Å². The molecule has 13 aromatic rings. The maximum absolute atomic E-state index is 6.54. The highest BCUT2D eigenvalue weighted by atomic mass is 16.3. The monoisotopic (exact) mass is 806 g/mol. The van der Waals surface area contributed by atoms with Crippen LogP contribution in [-0.2, 0) is 0 Å². The van der Waals surface area contributed by atoms with Gasteiger partial charge in [-0.2, -0.15) is 9.97 Å². The molecule has 6 nitrogen and oxygen atoms in total. The second-order valence-electron chi connectivity index (χ2n) is 16.0. The summed E-state index contributed by atoms with van der Waals surface area (Å²) in [5.74, 6) is 1.67. The first-order valence-electron chi connectivity index (χ1n) is 21.1. The number of aromatic nitrogens is 4.